The van der Waals surface area contributed by atoms with Crippen LogP contribution in [0.5, 0.6) is 0 Å². The van der Waals surface area contributed by atoms with E-state index < -0.39 is 7.82 Å². The van der Waals surface area contributed by atoms with Gasteiger partial charge in [-0.15, -0.1) is 0 Å². The van der Waals surface area contributed by atoms with Crippen LogP contribution in [0, 0.1) is 0 Å². The fourth-order valence-electron chi connectivity index (χ4n) is 1.38. The summed E-state index contributed by atoms with van der Waals surface area (Å²) in [6.07, 6.45) is 1.59. The molecule has 7 nitrogen and oxygen atoms in total. The molecule has 21 heavy (non-hydrogen) atoms. The smallest absolute Gasteiger partial charge is 0.350 e. The number of unbranched alkanes of at least 4 members (excludes halogenated alkanes) is 1. The monoisotopic (exact) mass is 323 g/mol. The Balaban J connectivity index is 3.72. The molecule has 1 amide bonds. The molecule has 0 aliphatic carbocycles. The van der Waals surface area contributed by atoms with Gasteiger partial charge in [0.15, 0.2) is 0 Å². The number of amides is 1. The van der Waals surface area contributed by atoms with Gasteiger partial charge in [0, 0.05) is 12.1 Å². The summed E-state index contributed by atoms with van der Waals surface area (Å²) < 4.78 is 22.0. The zero-order chi connectivity index (χ0) is 16.5. The molecule has 0 saturated heterocycles. The van der Waals surface area contributed by atoms with Crippen LogP contribution >= 0.6 is 7.82 Å². The van der Waals surface area contributed by atoms with Gasteiger partial charge in [0.1, 0.15) is 0 Å². The van der Waals surface area contributed by atoms with Crippen molar-refractivity contribution in [3.8, 4) is 0 Å². The number of carbonyl (C=O) groups is 1. The Hall–Kier alpha value is -0.720. The van der Waals surface area contributed by atoms with E-state index in [-0.39, 0.29) is 25.7 Å². The van der Waals surface area contributed by atoms with Gasteiger partial charge >= 0.3 is 7.82 Å². The average Bonchev–Trinajstić information content (AvgIpc) is 2.32. The van der Waals surface area contributed by atoms with Crippen LogP contribution in [-0.4, -0.2) is 62.7 Å². The summed E-state index contributed by atoms with van der Waals surface area (Å²) in [6.45, 7) is 6.22. The largest absolute Gasteiger partial charge is 0.472 e. The van der Waals surface area contributed by atoms with E-state index in [0.29, 0.717) is 12.0 Å². The molecule has 0 heterocycles. The third kappa shape index (κ3) is 12.7. The lowest BCUT2D eigenvalue weighted by Gasteiger charge is -2.23. The highest BCUT2D eigenvalue weighted by molar-refractivity contribution is 7.47. The summed E-state index contributed by atoms with van der Waals surface area (Å²) in [6, 6.07) is 0. The Morgan fingerprint density at radius 3 is 2.33 bits per heavy atom. The normalized spacial score (nSPS) is 14.5. The number of phosphoric ester groups is 1. The summed E-state index contributed by atoms with van der Waals surface area (Å²) in [5, 5.41) is 2.49. The summed E-state index contributed by atoms with van der Waals surface area (Å²) in [7, 11) is 2.21. The number of hydrogen-bond donors (Lipinski definition) is 2. The van der Waals surface area contributed by atoms with Crippen molar-refractivity contribution in [2.24, 2.45) is 0 Å². The fraction of sp³-hybridized carbons (Fsp3) is 0.769. The highest BCUT2D eigenvalue weighted by Crippen LogP contribution is 2.42. The van der Waals surface area contributed by atoms with E-state index in [0.717, 1.165) is 17.4 Å². The van der Waals surface area contributed by atoms with Crippen molar-refractivity contribution >= 4 is 13.7 Å². The minimum Gasteiger partial charge on any atom is -0.350 e. The zero-order valence-corrected chi connectivity index (χ0v) is 14.3. The fourth-order valence-corrected chi connectivity index (χ4v) is 2.14. The molecule has 0 aromatic heterocycles. The number of carbonyl (C=O) groups excluding carboxylic acids is 1. The second kappa shape index (κ2) is 9.33. The van der Waals surface area contributed by atoms with Gasteiger partial charge < -0.3 is 14.7 Å². The number of nitrogens with one attached hydrogen (secondary N) is 1. The zero-order valence-electron chi connectivity index (χ0n) is 13.4. The van der Waals surface area contributed by atoms with E-state index in [1.165, 1.54) is 0 Å². The standard InChI is InChI=1S/C13H27N2O5P/c1-12(2)13(16)14-8-11-20-21(17,18)19-10-7-6-9-15(3,4)5/h1,6-11H2,2-5H3,(H-,14,16,17,18)/p+1. The second-order valence-electron chi connectivity index (χ2n) is 5.89. The van der Waals surface area contributed by atoms with E-state index in [9.17, 15) is 14.3 Å². The van der Waals surface area contributed by atoms with Crippen LogP contribution < -0.4 is 5.32 Å². The number of quaternary nitrogens is 1. The molecule has 0 aliphatic rings. The maximum atomic E-state index is 11.5. The molecule has 0 aliphatic heterocycles. The molecule has 1 unspecified atom stereocenters. The Bertz CT molecular complexity index is 393. The van der Waals surface area contributed by atoms with Crippen LogP contribution in [0.25, 0.3) is 0 Å². The molecule has 0 fully saturated rings. The van der Waals surface area contributed by atoms with E-state index in [1.54, 1.807) is 6.92 Å². The molecular formula is C13H28N2O5P+. The molecule has 124 valence electrons. The van der Waals surface area contributed by atoms with Gasteiger partial charge in [0.25, 0.3) is 0 Å². The Kier molecular flexibility index (Phi) is 9.01. The molecule has 0 radical (unpaired) electrons. The van der Waals surface area contributed by atoms with Crippen molar-refractivity contribution in [1.82, 2.24) is 5.32 Å². The molecule has 0 saturated carbocycles. The van der Waals surface area contributed by atoms with Crippen molar-refractivity contribution in [1.29, 1.82) is 0 Å². The van der Waals surface area contributed by atoms with E-state index in [1.807, 2.05) is 0 Å². The van der Waals surface area contributed by atoms with Crippen LogP contribution in [0.3, 0.4) is 0 Å². The molecule has 0 rings (SSSR count). The van der Waals surface area contributed by atoms with Crippen molar-refractivity contribution in [2.45, 2.75) is 19.8 Å². The number of phosphoric acid groups is 1. The predicted octanol–water partition coefficient (Wildman–Crippen LogP) is 1.30. The van der Waals surface area contributed by atoms with Crippen LogP contribution in [-0.2, 0) is 18.4 Å². The first-order valence-electron chi connectivity index (χ1n) is 6.89. The minimum atomic E-state index is -4.04. The molecule has 0 aromatic rings. The highest BCUT2D eigenvalue weighted by Gasteiger charge is 2.20. The first-order valence-corrected chi connectivity index (χ1v) is 8.39. The summed E-state index contributed by atoms with van der Waals surface area (Å²) in [4.78, 5) is 20.6. The molecule has 8 heteroatoms. The number of rotatable bonds is 11. The van der Waals surface area contributed by atoms with Crippen LogP contribution in [0.2, 0.25) is 0 Å². The van der Waals surface area contributed by atoms with Gasteiger partial charge in [-0.3, -0.25) is 13.8 Å². The molecule has 2 N–H and O–H groups in total. The average molecular weight is 323 g/mol. The molecule has 0 aromatic carbocycles. The van der Waals surface area contributed by atoms with Gasteiger partial charge in [-0.25, -0.2) is 4.57 Å². The molecule has 0 spiro atoms. The number of hydrogen-bond acceptors (Lipinski definition) is 4. The van der Waals surface area contributed by atoms with Crippen molar-refractivity contribution in [3.63, 3.8) is 0 Å². The van der Waals surface area contributed by atoms with Crippen LogP contribution in [0.1, 0.15) is 19.8 Å². The van der Waals surface area contributed by atoms with E-state index >= 15 is 0 Å². The molecular weight excluding hydrogens is 295 g/mol. The lowest BCUT2D eigenvalue weighted by molar-refractivity contribution is -0.870. The third-order valence-electron chi connectivity index (χ3n) is 2.51. The summed E-state index contributed by atoms with van der Waals surface area (Å²) >= 11 is 0. The second-order valence-corrected chi connectivity index (χ2v) is 7.35. The minimum absolute atomic E-state index is 0.0916. The topological polar surface area (TPSA) is 84.9 Å². The highest BCUT2D eigenvalue weighted by atomic mass is 31.2. The van der Waals surface area contributed by atoms with Crippen LogP contribution in [0.15, 0.2) is 12.2 Å². The lowest BCUT2D eigenvalue weighted by atomic mass is 10.3. The van der Waals surface area contributed by atoms with Crippen molar-refractivity contribution in [3.05, 3.63) is 12.2 Å². The molecule has 1 atom stereocenters. The van der Waals surface area contributed by atoms with E-state index in [2.05, 4.69) is 33.0 Å². The van der Waals surface area contributed by atoms with Gasteiger partial charge in [-0.1, -0.05) is 6.58 Å². The van der Waals surface area contributed by atoms with Crippen molar-refractivity contribution < 1.29 is 27.8 Å². The predicted molar refractivity (Wildman–Crippen MR) is 81.7 cm³/mol. The third-order valence-corrected chi connectivity index (χ3v) is 3.53. The quantitative estimate of drug-likeness (QED) is 0.259. The maximum absolute atomic E-state index is 11.5. The first-order chi connectivity index (χ1) is 9.53. The Morgan fingerprint density at radius 1 is 1.24 bits per heavy atom. The maximum Gasteiger partial charge on any atom is 0.472 e. The van der Waals surface area contributed by atoms with Gasteiger partial charge in [-0.05, 0) is 19.8 Å². The van der Waals surface area contributed by atoms with Gasteiger partial charge in [-0.2, -0.15) is 0 Å². The van der Waals surface area contributed by atoms with Gasteiger partial charge in [0.05, 0.1) is 40.9 Å². The van der Waals surface area contributed by atoms with E-state index in [4.69, 9.17) is 9.05 Å². The SMILES string of the molecule is C=C(C)C(=O)NCCOP(=O)(O)OCCCC[N+](C)(C)C. The summed E-state index contributed by atoms with van der Waals surface area (Å²) in [5.74, 6) is -0.312. The summed E-state index contributed by atoms with van der Waals surface area (Å²) in [5.41, 5.74) is 0.371. The lowest BCUT2D eigenvalue weighted by Crippen LogP contribution is -2.35. The Morgan fingerprint density at radius 2 is 1.81 bits per heavy atom. The molecule has 0 bridgehead atoms. The Labute approximate surface area is 127 Å². The first kappa shape index (κ1) is 20.3. The number of nitrogens with zero attached hydrogens (tertiary/aromatic N) is 1. The van der Waals surface area contributed by atoms with Crippen molar-refractivity contribution in [2.75, 3.05) is 47.4 Å². The van der Waals surface area contributed by atoms with Crippen LogP contribution in [0.4, 0.5) is 0 Å². The van der Waals surface area contributed by atoms with Gasteiger partial charge in [0.2, 0.25) is 5.91 Å².